The number of nitrogens with zero attached hydrogens (tertiary/aromatic N) is 2. The van der Waals surface area contributed by atoms with E-state index in [9.17, 15) is 0 Å². The molecule has 2 aromatic heterocycles. The molecular weight excluding hydrogens is 224 g/mol. The van der Waals surface area contributed by atoms with Crippen LogP contribution in [-0.4, -0.2) is 20.6 Å². The molecular formula is C14H22N4. The van der Waals surface area contributed by atoms with Crippen LogP contribution in [-0.2, 0) is 13.1 Å². The first-order valence-corrected chi connectivity index (χ1v) is 6.36. The highest BCUT2D eigenvalue weighted by atomic mass is 15.1. The lowest BCUT2D eigenvalue weighted by Gasteiger charge is -2.32. The third-order valence-corrected chi connectivity index (χ3v) is 3.21. The average molecular weight is 246 g/mol. The fourth-order valence-corrected chi connectivity index (χ4v) is 1.96. The molecule has 0 aromatic carbocycles. The van der Waals surface area contributed by atoms with Gasteiger partial charge in [-0.05, 0) is 17.0 Å². The molecule has 4 nitrogen and oxygen atoms in total. The van der Waals surface area contributed by atoms with Crippen molar-refractivity contribution in [1.82, 2.24) is 19.9 Å². The van der Waals surface area contributed by atoms with Crippen molar-refractivity contribution in [3.05, 3.63) is 42.7 Å². The van der Waals surface area contributed by atoms with Crippen LogP contribution in [0.15, 0.2) is 37.2 Å². The van der Waals surface area contributed by atoms with Crippen LogP contribution in [0.1, 0.15) is 26.3 Å². The molecule has 0 radical (unpaired) electrons. The molecule has 0 saturated carbocycles. The topological polar surface area (TPSA) is 45.6 Å². The number of hydrogen-bond acceptors (Lipinski definition) is 2. The molecule has 2 N–H and O–H groups in total. The third kappa shape index (κ3) is 3.47. The summed E-state index contributed by atoms with van der Waals surface area (Å²) in [4.78, 5) is 7.18. The predicted molar refractivity (Wildman–Crippen MR) is 73.1 cm³/mol. The van der Waals surface area contributed by atoms with Gasteiger partial charge in [0.15, 0.2) is 0 Å². The van der Waals surface area contributed by atoms with Crippen molar-refractivity contribution in [3.8, 4) is 0 Å². The first-order valence-electron chi connectivity index (χ1n) is 6.36. The molecule has 18 heavy (non-hydrogen) atoms. The van der Waals surface area contributed by atoms with Crippen molar-refractivity contribution < 1.29 is 0 Å². The summed E-state index contributed by atoms with van der Waals surface area (Å²) in [5.41, 5.74) is 1.50. The van der Waals surface area contributed by atoms with Crippen molar-refractivity contribution >= 4 is 0 Å². The summed E-state index contributed by atoms with van der Waals surface area (Å²) in [5, 5.41) is 3.63. The van der Waals surface area contributed by atoms with Crippen molar-refractivity contribution in [3.63, 3.8) is 0 Å². The molecule has 0 aliphatic heterocycles. The minimum Gasteiger partial charge on any atom is -0.367 e. The second-order valence-electron chi connectivity index (χ2n) is 5.78. The number of nitrogens with one attached hydrogen (secondary N) is 2. The molecule has 0 fully saturated rings. The van der Waals surface area contributed by atoms with Gasteiger partial charge in [-0.25, -0.2) is 4.98 Å². The van der Waals surface area contributed by atoms with E-state index in [0.717, 1.165) is 13.1 Å². The number of rotatable bonds is 5. The highest BCUT2D eigenvalue weighted by Gasteiger charge is 2.24. The second-order valence-corrected chi connectivity index (χ2v) is 5.78. The maximum Gasteiger partial charge on any atom is 0.0946 e. The standard InChI is InChI=1S/C14H22N4/c1-14(2,3)13(10-18-7-6-16-11-18)17-9-12-4-5-15-8-12/h4-8,11,13,15,17H,9-10H2,1-3H3. The van der Waals surface area contributed by atoms with E-state index in [1.807, 2.05) is 31.1 Å². The van der Waals surface area contributed by atoms with Gasteiger partial charge >= 0.3 is 0 Å². The second kappa shape index (κ2) is 5.40. The van der Waals surface area contributed by atoms with E-state index in [4.69, 9.17) is 0 Å². The van der Waals surface area contributed by atoms with Crippen LogP contribution in [0.25, 0.3) is 0 Å². The largest absolute Gasteiger partial charge is 0.367 e. The van der Waals surface area contributed by atoms with Gasteiger partial charge in [0.25, 0.3) is 0 Å². The molecule has 0 amide bonds. The molecule has 0 saturated heterocycles. The lowest BCUT2D eigenvalue weighted by molar-refractivity contribution is 0.240. The average Bonchev–Trinajstić information content (AvgIpc) is 2.95. The van der Waals surface area contributed by atoms with Crippen LogP contribution in [0.2, 0.25) is 0 Å². The van der Waals surface area contributed by atoms with E-state index >= 15 is 0 Å². The summed E-state index contributed by atoms with van der Waals surface area (Å²) in [5.74, 6) is 0. The Morgan fingerprint density at radius 2 is 2.28 bits per heavy atom. The van der Waals surface area contributed by atoms with Gasteiger partial charge in [0, 0.05) is 43.9 Å². The van der Waals surface area contributed by atoms with E-state index < -0.39 is 0 Å². The Labute approximate surface area is 108 Å². The summed E-state index contributed by atoms with van der Waals surface area (Å²) in [7, 11) is 0. The lowest BCUT2D eigenvalue weighted by atomic mass is 9.86. The van der Waals surface area contributed by atoms with E-state index in [1.165, 1.54) is 5.56 Å². The monoisotopic (exact) mass is 246 g/mol. The third-order valence-electron chi connectivity index (χ3n) is 3.21. The van der Waals surface area contributed by atoms with Gasteiger partial charge in [0.05, 0.1) is 6.33 Å². The molecule has 2 heterocycles. The number of aromatic amines is 1. The zero-order valence-corrected chi connectivity index (χ0v) is 11.4. The van der Waals surface area contributed by atoms with E-state index in [-0.39, 0.29) is 5.41 Å². The zero-order chi connectivity index (χ0) is 13.0. The van der Waals surface area contributed by atoms with Gasteiger partial charge < -0.3 is 14.9 Å². The quantitative estimate of drug-likeness (QED) is 0.851. The number of H-pyrrole nitrogens is 1. The summed E-state index contributed by atoms with van der Waals surface area (Å²) in [6.45, 7) is 8.62. The molecule has 0 spiro atoms. The van der Waals surface area contributed by atoms with E-state index in [2.05, 4.69) is 46.7 Å². The molecule has 0 bridgehead atoms. The minimum absolute atomic E-state index is 0.209. The van der Waals surface area contributed by atoms with Gasteiger partial charge in [-0.3, -0.25) is 0 Å². The number of aromatic nitrogens is 3. The molecule has 98 valence electrons. The van der Waals surface area contributed by atoms with Crippen molar-refractivity contribution in [2.45, 2.75) is 39.9 Å². The highest BCUT2D eigenvalue weighted by Crippen LogP contribution is 2.21. The summed E-state index contributed by atoms with van der Waals surface area (Å²) in [6.07, 6.45) is 9.70. The van der Waals surface area contributed by atoms with Gasteiger partial charge in [-0.15, -0.1) is 0 Å². The van der Waals surface area contributed by atoms with Crippen LogP contribution in [0, 0.1) is 5.41 Å². The first kappa shape index (κ1) is 12.9. The Hall–Kier alpha value is -1.55. The van der Waals surface area contributed by atoms with Crippen LogP contribution >= 0.6 is 0 Å². The molecule has 2 aromatic rings. The van der Waals surface area contributed by atoms with E-state index in [1.54, 1.807) is 0 Å². The maximum atomic E-state index is 4.10. The van der Waals surface area contributed by atoms with Crippen molar-refractivity contribution in [2.24, 2.45) is 5.41 Å². The molecule has 1 unspecified atom stereocenters. The van der Waals surface area contributed by atoms with Gasteiger partial charge in [-0.2, -0.15) is 0 Å². The molecule has 4 heteroatoms. The molecule has 2 rings (SSSR count). The molecule has 1 atom stereocenters. The van der Waals surface area contributed by atoms with Gasteiger partial charge in [0.2, 0.25) is 0 Å². The fourth-order valence-electron chi connectivity index (χ4n) is 1.96. The van der Waals surface area contributed by atoms with E-state index in [0.29, 0.717) is 6.04 Å². The Bertz CT molecular complexity index is 437. The Morgan fingerprint density at radius 1 is 1.44 bits per heavy atom. The fraction of sp³-hybridized carbons (Fsp3) is 0.500. The van der Waals surface area contributed by atoms with Gasteiger partial charge in [-0.1, -0.05) is 20.8 Å². The maximum absolute atomic E-state index is 4.10. The van der Waals surface area contributed by atoms with Crippen LogP contribution < -0.4 is 5.32 Å². The Kier molecular flexibility index (Phi) is 3.87. The van der Waals surface area contributed by atoms with Crippen molar-refractivity contribution in [2.75, 3.05) is 0 Å². The number of imidazole rings is 1. The van der Waals surface area contributed by atoms with Gasteiger partial charge in [0.1, 0.15) is 0 Å². The van der Waals surface area contributed by atoms with Crippen LogP contribution in [0.4, 0.5) is 0 Å². The molecule has 0 aliphatic rings. The minimum atomic E-state index is 0.209. The highest BCUT2D eigenvalue weighted by molar-refractivity contribution is 5.08. The predicted octanol–water partition coefficient (Wildman–Crippen LogP) is 2.42. The molecule has 0 aliphatic carbocycles. The lowest BCUT2D eigenvalue weighted by Crippen LogP contribution is -2.42. The SMILES string of the molecule is CC(C)(C)C(Cn1ccnc1)NCc1cc[nH]c1. The van der Waals surface area contributed by atoms with Crippen LogP contribution in [0.3, 0.4) is 0 Å². The summed E-state index contributed by atoms with van der Waals surface area (Å²) < 4.78 is 2.13. The smallest absolute Gasteiger partial charge is 0.0946 e. The number of hydrogen-bond donors (Lipinski definition) is 2. The Morgan fingerprint density at radius 3 is 2.83 bits per heavy atom. The van der Waals surface area contributed by atoms with Crippen molar-refractivity contribution in [1.29, 1.82) is 0 Å². The Balaban J connectivity index is 1.97. The normalized spacial score (nSPS) is 13.7. The summed E-state index contributed by atoms with van der Waals surface area (Å²) in [6, 6.07) is 2.51. The van der Waals surface area contributed by atoms with Crippen LogP contribution in [0.5, 0.6) is 0 Å². The zero-order valence-electron chi connectivity index (χ0n) is 11.4. The summed E-state index contributed by atoms with van der Waals surface area (Å²) >= 11 is 0. The first-order chi connectivity index (χ1) is 8.55.